The average Bonchev–Trinajstić information content (AvgIpc) is 2.90. The van der Waals surface area contributed by atoms with Gasteiger partial charge in [-0.2, -0.15) is 0 Å². The van der Waals surface area contributed by atoms with Crippen molar-refractivity contribution in [2.75, 3.05) is 27.2 Å². The van der Waals surface area contributed by atoms with Gasteiger partial charge in [0.1, 0.15) is 0 Å². The topological polar surface area (TPSA) is 58.4 Å². The second-order valence-corrected chi connectivity index (χ2v) is 5.43. The zero-order chi connectivity index (χ0) is 12.3. The number of rotatable bonds is 7. The molecule has 0 aromatic carbocycles. The van der Waals surface area contributed by atoms with E-state index in [0.29, 0.717) is 0 Å². The molecule has 3 unspecified atom stereocenters. The number of carbonyl (C=O) groups excluding carboxylic acids is 1. The van der Waals surface area contributed by atoms with Crippen LogP contribution in [-0.4, -0.2) is 43.5 Å². The van der Waals surface area contributed by atoms with Gasteiger partial charge in [-0.25, -0.2) is 0 Å². The molecule has 3 atom stereocenters. The van der Waals surface area contributed by atoms with Crippen molar-refractivity contribution in [2.24, 2.45) is 17.6 Å². The molecule has 0 radical (unpaired) electrons. The zero-order valence-electron chi connectivity index (χ0n) is 10.9. The predicted molar refractivity (Wildman–Crippen MR) is 66.0 cm³/mol. The Hall–Kier alpha value is -0.610. The molecule has 0 aromatic heterocycles. The number of hydrogen-bond donors (Lipinski definition) is 2. The highest BCUT2D eigenvalue weighted by Gasteiger charge is 2.34. The summed E-state index contributed by atoms with van der Waals surface area (Å²) >= 11 is 0. The van der Waals surface area contributed by atoms with Crippen molar-refractivity contribution in [3.63, 3.8) is 0 Å². The highest BCUT2D eigenvalue weighted by atomic mass is 16.1. The molecule has 0 spiro atoms. The first-order chi connectivity index (χ1) is 7.39. The van der Waals surface area contributed by atoms with Gasteiger partial charge in [-0.3, -0.25) is 4.79 Å². The molecule has 1 aliphatic rings. The fourth-order valence-electron chi connectivity index (χ4n) is 1.93. The molecular weight excluding hydrogens is 202 g/mol. The second kappa shape index (κ2) is 5.15. The summed E-state index contributed by atoms with van der Waals surface area (Å²) < 4.78 is 0. The number of primary amides is 1. The Morgan fingerprint density at radius 2 is 2.19 bits per heavy atom. The fraction of sp³-hybridized carbons (Fsp3) is 0.917. The molecule has 3 N–H and O–H groups in total. The van der Waals surface area contributed by atoms with E-state index >= 15 is 0 Å². The molecule has 94 valence electrons. The molecule has 4 heteroatoms. The van der Waals surface area contributed by atoms with Crippen molar-refractivity contribution >= 4 is 5.91 Å². The van der Waals surface area contributed by atoms with Crippen LogP contribution in [0, 0.1) is 11.8 Å². The van der Waals surface area contributed by atoms with E-state index in [1.54, 1.807) is 7.05 Å². The number of nitrogens with zero attached hydrogens (tertiary/aromatic N) is 1. The molecule has 0 aromatic rings. The van der Waals surface area contributed by atoms with Crippen LogP contribution >= 0.6 is 0 Å². The van der Waals surface area contributed by atoms with Crippen molar-refractivity contribution in [2.45, 2.75) is 32.2 Å². The SMILES string of the molecule is CNC(C)(CCN(C)CC1CC1C)C(N)=O. The first-order valence-electron chi connectivity index (χ1n) is 6.06. The summed E-state index contributed by atoms with van der Waals surface area (Å²) in [6.45, 7) is 6.20. The van der Waals surface area contributed by atoms with Crippen molar-refractivity contribution in [3.8, 4) is 0 Å². The Balaban J connectivity index is 2.29. The maximum atomic E-state index is 11.3. The van der Waals surface area contributed by atoms with E-state index in [9.17, 15) is 4.79 Å². The van der Waals surface area contributed by atoms with Crippen molar-refractivity contribution < 1.29 is 4.79 Å². The quantitative estimate of drug-likeness (QED) is 0.663. The van der Waals surface area contributed by atoms with Gasteiger partial charge < -0.3 is 16.0 Å². The molecule has 0 bridgehead atoms. The third kappa shape index (κ3) is 3.46. The molecule has 1 amide bonds. The number of amides is 1. The van der Waals surface area contributed by atoms with E-state index in [4.69, 9.17) is 5.73 Å². The number of likely N-dealkylation sites (N-methyl/N-ethyl adjacent to an activating group) is 1. The van der Waals surface area contributed by atoms with Crippen LogP contribution in [0.2, 0.25) is 0 Å². The Morgan fingerprint density at radius 3 is 2.56 bits per heavy atom. The monoisotopic (exact) mass is 227 g/mol. The van der Waals surface area contributed by atoms with Crippen LogP contribution in [0.3, 0.4) is 0 Å². The molecule has 0 aliphatic heterocycles. The summed E-state index contributed by atoms with van der Waals surface area (Å²) in [5.74, 6) is 1.47. The fourth-order valence-corrected chi connectivity index (χ4v) is 1.93. The lowest BCUT2D eigenvalue weighted by Gasteiger charge is -2.28. The standard InChI is InChI=1S/C12H25N3O/c1-9-7-10(9)8-15(4)6-5-12(2,14-3)11(13)16/h9-10,14H,5-8H2,1-4H3,(H2,13,16). The van der Waals surface area contributed by atoms with E-state index in [1.165, 1.54) is 6.42 Å². The molecular formula is C12H25N3O. The molecule has 0 saturated heterocycles. The smallest absolute Gasteiger partial charge is 0.237 e. The Morgan fingerprint density at radius 1 is 1.62 bits per heavy atom. The van der Waals surface area contributed by atoms with Gasteiger partial charge in [0.15, 0.2) is 0 Å². The van der Waals surface area contributed by atoms with Crippen LogP contribution in [0.15, 0.2) is 0 Å². The number of nitrogens with two attached hydrogens (primary N) is 1. The van der Waals surface area contributed by atoms with Gasteiger partial charge in [0.25, 0.3) is 0 Å². The summed E-state index contributed by atoms with van der Waals surface area (Å²) in [7, 11) is 3.90. The maximum Gasteiger partial charge on any atom is 0.237 e. The van der Waals surface area contributed by atoms with Gasteiger partial charge in [-0.1, -0.05) is 6.92 Å². The van der Waals surface area contributed by atoms with Gasteiger partial charge in [-0.15, -0.1) is 0 Å². The Kier molecular flexibility index (Phi) is 4.33. The highest BCUT2D eigenvalue weighted by molar-refractivity contribution is 5.84. The summed E-state index contributed by atoms with van der Waals surface area (Å²) in [5, 5.41) is 3.01. The van der Waals surface area contributed by atoms with Crippen molar-refractivity contribution in [1.29, 1.82) is 0 Å². The lowest BCUT2D eigenvalue weighted by molar-refractivity contribution is -0.124. The molecule has 1 rings (SSSR count). The average molecular weight is 227 g/mol. The molecule has 1 aliphatic carbocycles. The van der Waals surface area contributed by atoms with Gasteiger partial charge >= 0.3 is 0 Å². The summed E-state index contributed by atoms with van der Waals surface area (Å²) in [6, 6.07) is 0. The first kappa shape index (κ1) is 13.5. The predicted octanol–water partition coefficient (Wildman–Crippen LogP) is 0.428. The van der Waals surface area contributed by atoms with Crippen molar-refractivity contribution in [3.05, 3.63) is 0 Å². The van der Waals surface area contributed by atoms with Crippen molar-refractivity contribution in [1.82, 2.24) is 10.2 Å². The van der Waals surface area contributed by atoms with E-state index in [0.717, 1.165) is 31.3 Å². The van der Waals surface area contributed by atoms with Crippen LogP contribution in [0.1, 0.15) is 26.7 Å². The van der Waals surface area contributed by atoms with E-state index in [1.807, 2.05) is 6.92 Å². The summed E-state index contributed by atoms with van der Waals surface area (Å²) in [6.07, 6.45) is 2.11. The lowest BCUT2D eigenvalue weighted by Crippen LogP contribution is -2.53. The van der Waals surface area contributed by atoms with Gasteiger partial charge in [-0.05, 0) is 45.7 Å². The number of carbonyl (C=O) groups is 1. The van der Waals surface area contributed by atoms with Gasteiger partial charge in [0.05, 0.1) is 5.54 Å². The Labute approximate surface area is 98.6 Å². The number of nitrogens with one attached hydrogen (secondary N) is 1. The van der Waals surface area contributed by atoms with Crippen LogP contribution in [0.5, 0.6) is 0 Å². The van der Waals surface area contributed by atoms with E-state index < -0.39 is 5.54 Å². The summed E-state index contributed by atoms with van der Waals surface area (Å²) in [4.78, 5) is 13.6. The Bertz CT molecular complexity index is 257. The van der Waals surface area contributed by atoms with Crippen LogP contribution in [0.4, 0.5) is 0 Å². The van der Waals surface area contributed by atoms with E-state index in [2.05, 4.69) is 24.2 Å². The minimum absolute atomic E-state index is 0.275. The zero-order valence-corrected chi connectivity index (χ0v) is 10.9. The number of hydrogen-bond acceptors (Lipinski definition) is 3. The molecule has 4 nitrogen and oxygen atoms in total. The largest absolute Gasteiger partial charge is 0.368 e. The van der Waals surface area contributed by atoms with Crippen LogP contribution in [-0.2, 0) is 4.79 Å². The highest BCUT2D eigenvalue weighted by Crippen LogP contribution is 2.37. The normalized spacial score (nSPS) is 27.8. The van der Waals surface area contributed by atoms with Crippen LogP contribution in [0.25, 0.3) is 0 Å². The maximum absolute atomic E-state index is 11.3. The van der Waals surface area contributed by atoms with Gasteiger partial charge in [0.2, 0.25) is 5.91 Å². The van der Waals surface area contributed by atoms with Crippen LogP contribution < -0.4 is 11.1 Å². The molecule has 1 saturated carbocycles. The van der Waals surface area contributed by atoms with Gasteiger partial charge in [0, 0.05) is 13.1 Å². The second-order valence-electron chi connectivity index (χ2n) is 5.43. The first-order valence-corrected chi connectivity index (χ1v) is 6.06. The molecule has 1 fully saturated rings. The van der Waals surface area contributed by atoms with E-state index in [-0.39, 0.29) is 5.91 Å². The third-order valence-corrected chi connectivity index (χ3v) is 3.91. The summed E-state index contributed by atoms with van der Waals surface area (Å²) in [5.41, 5.74) is 4.80. The minimum atomic E-state index is -0.580. The minimum Gasteiger partial charge on any atom is -0.368 e. The lowest BCUT2D eigenvalue weighted by atomic mass is 9.97. The third-order valence-electron chi connectivity index (χ3n) is 3.91. The molecule has 0 heterocycles. The molecule has 16 heavy (non-hydrogen) atoms.